The van der Waals surface area contributed by atoms with Gasteiger partial charge in [0.05, 0.1) is 16.8 Å². The van der Waals surface area contributed by atoms with Gasteiger partial charge in [0, 0.05) is 26.5 Å². The summed E-state index contributed by atoms with van der Waals surface area (Å²) >= 11 is 0. The number of amides is 2. The van der Waals surface area contributed by atoms with Crippen LogP contribution < -0.4 is 5.32 Å². The molecule has 0 aliphatic heterocycles. The van der Waals surface area contributed by atoms with Crippen molar-refractivity contribution in [1.29, 1.82) is 0 Å². The van der Waals surface area contributed by atoms with Gasteiger partial charge in [0.1, 0.15) is 0 Å². The standard InChI is InChI=1S/C15H15N3O2/c1-18(2)15(20)12-7-3-4-8-13(12)17-14(19)11-6-5-9-16-10-11/h3-10H,1-2H3,(H,17,19). The van der Waals surface area contributed by atoms with E-state index in [9.17, 15) is 9.59 Å². The minimum absolute atomic E-state index is 0.160. The zero-order chi connectivity index (χ0) is 14.5. The number of rotatable bonds is 3. The Labute approximate surface area is 117 Å². The minimum atomic E-state index is -0.294. The third-order valence-corrected chi connectivity index (χ3v) is 2.74. The van der Waals surface area contributed by atoms with Gasteiger partial charge in [-0.2, -0.15) is 0 Å². The Morgan fingerprint density at radius 2 is 1.85 bits per heavy atom. The molecule has 0 unspecified atom stereocenters. The molecule has 2 aromatic rings. The van der Waals surface area contributed by atoms with Gasteiger partial charge in [-0.3, -0.25) is 14.6 Å². The van der Waals surface area contributed by atoms with Crippen molar-refractivity contribution in [3.63, 3.8) is 0 Å². The number of nitrogens with one attached hydrogen (secondary N) is 1. The highest BCUT2D eigenvalue weighted by atomic mass is 16.2. The maximum atomic E-state index is 12.1. The lowest BCUT2D eigenvalue weighted by Gasteiger charge is -2.14. The van der Waals surface area contributed by atoms with Crippen LogP contribution in [0.25, 0.3) is 0 Å². The van der Waals surface area contributed by atoms with Gasteiger partial charge >= 0.3 is 0 Å². The van der Waals surface area contributed by atoms with Gasteiger partial charge in [0.2, 0.25) is 0 Å². The molecule has 102 valence electrons. The van der Waals surface area contributed by atoms with E-state index in [1.165, 1.54) is 11.1 Å². The summed E-state index contributed by atoms with van der Waals surface area (Å²) in [4.78, 5) is 29.5. The predicted molar refractivity (Wildman–Crippen MR) is 76.6 cm³/mol. The first-order valence-corrected chi connectivity index (χ1v) is 6.11. The monoisotopic (exact) mass is 269 g/mol. The van der Waals surface area contributed by atoms with Crippen molar-refractivity contribution >= 4 is 17.5 Å². The quantitative estimate of drug-likeness (QED) is 0.927. The Morgan fingerprint density at radius 1 is 1.10 bits per heavy atom. The number of hydrogen-bond acceptors (Lipinski definition) is 3. The van der Waals surface area contributed by atoms with Gasteiger partial charge in [0.15, 0.2) is 0 Å². The molecule has 0 aliphatic carbocycles. The van der Waals surface area contributed by atoms with Crippen LogP contribution >= 0.6 is 0 Å². The fourth-order valence-electron chi connectivity index (χ4n) is 1.71. The summed E-state index contributed by atoms with van der Waals surface area (Å²) in [6.45, 7) is 0. The molecule has 1 heterocycles. The topological polar surface area (TPSA) is 62.3 Å². The van der Waals surface area contributed by atoms with Crippen LogP contribution in [0.1, 0.15) is 20.7 Å². The molecule has 2 amide bonds. The second-order valence-electron chi connectivity index (χ2n) is 4.44. The van der Waals surface area contributed by atoms with Crippen LogP contribution in [0.4, 0.5) is 5.69 Å². The van der Waals surface area contributed by atoms with Crippen LogP contribution in [0, 0.1) is 0 Å². The summed E-state index contributed by atoms with van der Waals surface area (Å²) in [6.07, 6.45) is 3.08. The Hall–Kier alpha value is -2.69. The number of carbonyl (C=O) groups excluding carboxylic acids is 2. The molecule has 0 saturated carbocycles. The van der Waals surface area contributed by atoms with E-state index in [2.05, 4.69) is 10.3 Å². The van der Waals surface area contributed by atoms with E-state index in [1.54, 1.807) is 56.7 Å². The number of hydrogen-bond donors (Lipinski definition) is 1. The fraction of sp³-hybridized carbons (Fsp3) is 0.133. The van der Waals surface area contributed by atoms with Crippen molar-refractivity contribution in [2.75, 3.05) is 19.4 Å². The van der Waals surface area contributed by atoms with E-state index in [4.69, 9.17) is 0 Å². The van der Waals surface area contributed by atoms with Crippen molar-refractivity contribution in [3.05, 3.63) is 59.9 Å². The molecule has 0 bridgehead atoms. The summed E-state index contributed by atoms with van der Waals surface area (Å²) < 4.78 is 0. The highest BCUT2D eigenvalue weighted by Crippen LogP contribution is 2.17. The predicted octanol–water partition coefficient (Wildman–Crippen LogP) is 2.04. The highest BCUT2D eigenvalue weighted by molar-refractivity contribution is 6.08. The van der Waals surface area contributed by atoms with E-state index in [0.717, 1.165) is 0 Å². The molecule has 5 heteroatoms. The molecule has 0 atom stereocenters. The Morgan fingerprint density at radius 3 is 2.50 bits per heavy atom. The lowest BCUT2D eigenvalue weighted by atomic mass is 10.1. The average molecular weight is 269 g/mol. The molecular formula is C15H15N3O2. The Bertz CT molecular complexity index is 624. The SMILES string of the molecule is CN(C)C(=O)c1ccccc1NC(=O)c1cccnc1. The zero-order valence-electron chi connectivity index (χ0n) is 11.3. The van der Waals surface area contributed by atoms with Crippen molar-refractivity contribution in [3.8, 4) is 0 Å². The molecule has 1 aromatic carbocycles. The number of benzene rings is 1. The maximum Gasteiger partial charge on any atom is 0.257 e. The maximum absolute atomic E-state index is 12.1. The van der Waals surface area contributed by atoms with Crippen LogP contribution in [0.3, 0.4) is 0 Å². The summed E-state index contributed by atoms with van der Waals surface area (Å²) in [5.74, 6) is -0.454. The third-order valence-electron chi connectivity index (χ3n) is 2.74. The first kappa shape index (κ1) is 13.7. The lowest BCUT2D eigenvalue weighted by molar-refractivity contribution is 0.0828. The number of pyridine rings is 1. The molecule has 0 saturated heterocycles. The second-order valence-corrected chi connectivity index (χ2v) is 4.44. The van der Waals surface area contributed by atoms with Gasteiger partial charge in [-0.1, -0.05) is 12.1 Å². The molecule has 0 radical (unpaired) electrons. The van der Waals surface area contributed by atoms with Crippen LogP contribution in [-0.2, 0) is 0 Å². The summed E-state index contributed by atoms with van der Waals surface area (Å²) in [5.41, 5.74) is 1.38. The van der Waals surface area contributed by atoms with Crippen molar-refractivity contribution < 1.29 is 9.59 Å². The Kier molecular flexibility index (Phi) is 4.10. The van der Waals surface area contributed by atoms with E-state index >= 15 is 0 Å². The zero-order valence-corrected chi connectivity index (χ0v) is 11.3. The first-order valence-electron chi connectivity index (χ1n) is 6.11. The number of para-hydroxylation sites is 1. The molecular weight excluding hydrogens is 254 g/mol. The van der Waals surface area contributed by atoms with Crippen LogP contribution in [0.15, 0.2) is 48.8 Å². The number of aromatic nitrogens is 1. The minimum Gasteiger partial charge on any atom is -0.345 e. The van der Waals surface area contributed by atoms with E-state index in [-0.39, 0.29) is 11.8 Å². The average Bonchev–Trinajstić information content (AvgIpc) is 2.48. The lowest BCUT2D eigenvalue weighted by Crippen LogP contribution is -2.24. The Balaban J connectivity index is 2.26. The molecule has 0 fully saturated rings. The van der Waals surface area contributed by atoms with Gasteiger partial charge in [-0.25, -0.2) is 0 Å². The number of carbonyl (C=O) groups is 2. The fourth-order valence-corrected chi connectivity index (χ4v) is 1.71. The number of nitrogens with zero attached hydrogens (tertiary/aromatic N) is 2. The first-order chi connectivity index (χ1) is 9.59. The normalized spacial score (nSPS) is 9.90. The molecule has 0 spiro atoms. The van der Waals surface area contributed by atoms with Gasteiger partial charge < -0.3 is 10.2 Å². The van der Waals surface area contributed by atoms with Crippen molar-refractivity contribution in [2.24, 2.45) is 0 Å². The number of anilines is 1. The summed E-state index contributed by atoms with van der Waals surface area (Å²) in [5, 5.41) is 2.74. The van der Waals surface area contributed by atoms with Gasteiger partial charge in [0.25, 0.3) is 11.8 Å². The van der Waals surface area contributed by atoms with Crippen molar-refractivity contribution in [1.82, 2.24) is 9.88 Å². The van der Waals surface area contributed by atoms with E-state index in [1.807, 2.05) is 0 Å². The molecule has 1 N–H and O–H groups in total. The second kappa shape index (κ2) is 5.97. The van der Waals surface area contributed by atoms with Crippen molar-refractivity contribution in [2.45, 2.75) is 0 Å². The summed E-state index contributed by atoms with van der Waals surface area (Å²) in [7, 11) is 3.34. The van der Waals surface area contributed by atoms with E-state index in [0.29, 0.717) is 16.8 Å². The van der Waals surface area contributed by atoms with Crippen LogP contribution in [0.5, 0.6) is 0 Å². The van der Waals surface area contributed by atoms with Crippen LogP contribution in [0.2, 0.25) is 0 Å². The summed E-state index contributed by atoms with van der Waals surface area (Å²) in [6, 6.07) is 10.3. The third kappa shape index (κ3) is 3.00. The largest absolute Gasteiger partial charge is 0.345 e. The highest BCUT2D eigenvalue weighted by Gasteiger charge is 2.15. The molecule has 5 nitrogen and oxygen atoms in total. The molecule has 20 heavy (non-hydrogen) atoms. The van der Waals surface area contributed by atoms with E-state index < -0.39 is 0 Å². The molecule has 1 aromatic heterocycles. The van der Waals surface area contributed by atoms with Crippen LogP contribution in [-0.4, -0.2) is 35.8 Å². The molecule has 0 aliphatic rings. The van der Waals surface area contributed by atoms with Gasteiger partial charge in [-0.05, 0) is 24.3 Å². The van der Waals surface area contributed by atoms with Gasteiger partial charge in [-0.15, -0.1) is 0 Å². The molecule has 2 rings (SSSR count). The smallest absolute Gasteiger partial charge is 0.257 e.